The highest BCUT2D eigenvalue weighted by Crippen LogP contribution is 2.27. The molecule has 2 aromatic rings. The van der Waals surface area contributed by atoms with Gasteiger partial charge < -0.3 is 14.7 Å². The summed E-state index contributed by atoms with van der Waals surface area (Å²) in [5.74, 6) is 2.52. The number of hydrogen-bond acceptors (Lipinski definition) is 6. The Balaban J connectivity index is 1.86. The van der Waals surface area contributed by atoms with Crippen LogP contribution in [0, 0.1) is 6.92 Å². The highest BCUT2D eigenvalue weighted by atomic mass is 16.5. The predicted octanol–water partition coefficient (Wildman–Crippen LogP) is 2.33. The Morgan fingerprint density at radius 3 is 2.76 bits per heavy atom. The van der Waals surface area contributed by atoms with Gasteiger partial charge in [-0.15, -0.1) is 0 Å². The van der Waals surface area contributed by atoms with Gasteiger partial charge in [0.25, 0.3) is 0 Å². The minimum atomic E-state index is 0.619. The molecule has 1 aliphatic carbocycles. The lowest BCUT2D eigenvalue weighted by Crippen LogP contribution is -2.19. The number of rotatable bonds is 4. The van der Waals surface area contributed by atoms with Crippen molar-refractivity contribution in [1.82, 2.24) is 15.1 Å². The van der Waals surface area contributed by atoms with Gasteiger partial charge in [-0.3, -0.25) is 0 Å². The van der Waals surface area contributed by atoms with E-state index < -0.39 is 0 Å². The standard InChI is InChI=1S/C15H21N5O/c1-10-8-11(19-21-10)9-16-14-12-6-4-5-7-13(12)17-15(18-14)20(2)3/h8H,4-7,9H2,1-3H3,(H,16,17,18). The SMILES string of the molecule is Cc1cc(CNc2nc(N(C)C)nc3c2CCCC3)no1. The minimum absolute atomic E-state index is 0.619. The maximum atomic E-state index is 5.10. The molecular formula is C15H21N5O. The molecule has 112 valence electrons. The zero-order chi connectivity index (χ0) is 14.8. The van der Waals surface area contributed by atoms with E-state index in [0.717, 1.165) is 36.1 Å². The van der Waals surface area contributed by atoms with Crippen molar-refractivity contribution in [1.29, 1.82) is 0 Å². The molecule has 0 bridgehead atoms. The summed E-state index contributed by atoms with van der Waals surface area (Å²) in [5, 5.41) is 7.41. The fourth-order valence-electron chi connectivity index (χ4n) is 2.60. The lowest BCUT2D eigenvalue weighted by molar-refractivity contribution is 0.391. The summed E-state index contributed by atoms with van der Waals surface area (Å²) < 4.78 is 5.10. The molecule has 2 heterocycles. The van der Waals surface area contributed by atoms with Gasteiger partial charge in [0.15, 0.2) is 0 Å². The van der Waals surface area contributed by atoms with Crippen molar-refractivity contribution in [3.8, 4) is 0 Å². The van der Waals surface area contributed by atoms with Crippen LogP contribution < -0.4 is 10.2 Å². The fourth-order valence-corrected chi connectivity index (χ4v) is 2.60. The van der Waals surface area contributed by atoms with Crippen molar-refractivity contribution < 1.29 is 4.52 Å². The van der Waals surface area contributed by atoms with Crippen molar-refractivity contribution in [3.63, 3.8) is 0 Å². The van der Waals surface area contributed by atoms with Crippen LogP contribution in [0.2, 0.25) is 0 Å². The van der Waals surface area contributed by atoms with Gasteiger partial charge in [-0.2, -0.15) is 4.98 Å². The Bertz CT molecular complexity index is 635. The van der Waals surface area contributed by atoms with Crippen molar-refractivity contribution in [2.45, 2.75) is 39.2 Å². The van der Waals surface area contributed by atoms with Crippen molar-refractivity contribution in [3.05, 3.63) is 28.8 Å². The first kappa shape index (κ1) is 13.9. The molecule has 0 radical (unpaired) electrons. The summed E-state index contributed by atoms with van der Waals surface area (Å²) in [6, 6.07) is 1.94. The van der Waals surface area contributed by atoms with Crippen LogP contribution in [0.1, 0.15) is 35.6 Å². The van der Waals surface area contributed by atoms with E-state index >= 15 is 0 Å². The van der Waals surface area contributed by atoms with E-state index in [2.05, 4.69) is 20.4 Å². The molecule has 6 heteroatoms. The second-order valence-corrected chi connectivity index (χ2v) is 5.68. The van der Waals surface area contributed by atoms with Gasteiger partial charge >= 0.3 is 0 Å². The molecule has 0 aliphatic heterocycles. The van der Waals surface area contributed by atoms with Crippen molar-refractivity contribution in [2.75, 3.05) is 24.3 Å². The molecule has 0 fully saturated rings. The van der Waals surface area contributed by atoms with Crippen LogP contribution in [0.3, 0.4) is 0 Å². The summed E-state index contributed by atoms with van der Waals surface area (Å²) in [6.07, 6.45) is 4.49. The Kier molecular flexibility index (Phi) is 3.77. The molecule has 21 heavy (non-hydrogen) atoms. The van der Waals surface area contributed by atoms with Crippen LogP contribution in [0.25, 0.3) is 0 Å². The topological polar surface area (TPSA) is 67.1 Å². The van der Waals surface area contributed by atoms with Crippen LogP contribution in [0.15, 0.2) is 10.6 Å². The Morgan fingerprint density at radius 2 is 2.05 bits per heavy atom. The monoisotopic (exact) mass is 287 g/mol. The number of fused-ring (bicyclic) bond motifs is 1. The zero-order valence-electron chi connectivity index (χ0n) is 12.8. The van der Waals surface area contributed by atoms with Gasteiger partial charge in [0, 0.05) is 25.7 Å². The van der Waals surface area contributed by atoms with E-state index in [4.69, 9.17) is 4.52 Å². The lowest BCUT2D eigenvalue weighted by atomic mass is 9.96. The quantitative estimate of drug-likeness (QED) is 0.931. The number of aryl methyl sites for hydroxylation is 2. The first-order chi connectivity index (χ1) is 10.1. The molecule has 3 rings (SSSR count). The van der Waals surface area contributed by atoms with Crippen molar-refractivity contribution in [2.24, 2.45) is 0 Å². The lowest BCUT2D eigenvalue weighted by Gasteiger charge is -2.21. The summed E-state index contributed by atoms with van der Waals surface area (Å²) in [7, 11) is 3.94. The van der Waals surface area contributed by atoms with Gasteiger partial charge in [-0.25, -0.2) is 4.98 Å². The van der Waals surface area contributed by atoms with Gasteiger partial charge in [0.05, 0.1) is 12.2 Å². The maximum absolute atomic E-state index is 5.10. The molecule has 1 aliphatic rings. The highest BCUT2D eigenvalue weighted by molar-refractivity contribution is 5.52. The van der Waals surface area contributed by atoms with Crippen LogP contribution in [0.5, 0.6) is 0 Å². The van der Waals surface area contributed by atoms with Crippen LogP contribution in [-0.4, -0.2) is 29.2 Å². The van der Waals surface area contributed by atoms with Crippen molar-refractivity contribution >= 4 is 11.8 Å². The molecule has 0 spiro atoms. The van der Waals surface area contributed by atoms with E-state index in [1.165, 1.54) is 24.1 Å². The molecular weight excluding hydrogens is 266 g/mol. The van der Waals surface area contributed by atoms with Gasteiger partial charge in [-0.05, 0) is 32.6 Å². The van der Waals surface area contributed by atoms with E-state index in [0.29, 0.717) is 6.54 Å². The average Bonchev–Trinajstić information content (AvgIpc) is 2.90. The van der Waals surface area contributed by atoms with Crippen LogP contribution in [0.4, 0.5) is 11.8 Å². The largest absolute Gasteiger partial charge is 0.364 e. The molecule has 1 N–H and O–H groups in total. The first-order valence-electron chi connectivity index (χ1n) is 7.36. The molecule has 0 atom stereocenters. The highest BCUT2D eigenvalue weighted by Gasteiger charge is 2.18. The smallest absolute Gasteiger partial charge is 0.227 e. The number of hydrogen-bond donors (Lipinski definition) is 1. The number of nitrogens with zero attached hydrogens (tertiary/aromatic N) is 4. The third-order valence-electron chi connectivity index (χ3n) is 3.69. The number of anilines is 2. The minimum Gasteiger partial charge on any atom is -0.364 e. The molecule has 6 nitrogen and oxygen atoms in total. The van der Waals surface area contributed by atoms with Gasteiger partial charge in [0.1, 0.15) is 17.3 Å². The van der Waals surface area contributed by atoms with E-state index in [9.17, 15) is 0 Å². The second-order valence-electron chi connectivity index (χ2n) is 5.68. The Labute approximate surface area is 124 Å². The molecule has 2 aromatic heterocycles. The first-order valence-corrected chi connectivity index (χ1v) is 7.36. The van der Waals surface area contributed by atoms with Gasteiger partial charge in [-0.1, -0.05) is 5.16 Å². The molecule has 0 saturated carbocycles. The van der Waals surface area contributed by atoms with Crippen LogP contribution in [-0.2, 0) is 19.4 Å². The Hall–Kier alpha value is -2.11. The van der Waals surface area contributed by atoms with Crippen LogP contribution >= 0.6 is 0 Å². The second kappa shape index (κ2) is 5.71. The molecule has 0 saturated heterocycles. The molecule has 0 unspecified atom stereocenters. The number of aromatic nitrogens is 3. The molecule has 0 aromatic carbocycles. The molecule has 0 amide bonds. The summed E-state index contributed by atoms with van der Waals surface area (Å²) in [6.45, 7) is 2.51. The zero-order valence-corrected chi connectivity index (χ0v) is 12.8. The average molecular weight is 287 g/mol. The van der Waals surface area contributed by atoms with Gasteiger partial charge in [0.2, 0.25) is 5.95 Å². The maximum Gasteiger partial charge on any atom is 0.227 e. The van der Waals surface area contributed by atoms with E-state index in [-0.39, 0.29) is 0 Å². The van der Waals surface area contributed by atoms with E-state index in [1.807, 2.05) is 32.0 Å². The fraction of sp³-hybridized carbons (Fsp3) is 0.533. The van der Waals surface area contributed by atoms with E-state index in [1.54, 1.807) is 0 Å². The predicted molar refractivity (Wildman–Crippen MR) is 81.6 cm³/mol. The summed E-state index contributed by atoms with van der Waals surface area (Å²) in [4.78, 5) is 11.3. The number of nitrogens with one attached hydrogen (secondary N) is 1. The normalized spacial score (nSPS) is 13.9. The Morgan fingerprint density at radius 1 is 1.24 bits per heavy atom. The summed E-state index contributed by atoms with van der Waals surface area (Å²) >= 11 is 0. The third-order valence-corrected chi connectivity index (χ3v) is 3.69. The summed E-state index contributed by atoms with van der Waals surface area (Å²) in [5.41, 5.74) is 3.33. The third kappa shape index (κ3) is 2.99.